The van der Waals surface area contributed by atoms with Crippen LogP contribution in [0.1, 0.15) is 40.5 Å². The Morgan fingerprint density at radius 3 is 1.57 bits per heavy atom. The lowest BCUT2D eigenvalue weighted by Gasteiger charge is -2.32. The molecule has 1 aliphatic rings. The van der Waals surface area contributed by atoms with Gasteiger partial charge in [-0.25, -0.2) is 13.6 Å². The predicted molar refractivity (Wildman–Crippen MR) is 58.2 cm³/mol. The second-order valence-electron chi connectivity index (χ2n) is 4.97. The SMILES string of the molecule is CC1(C)CCC(C)(C)N(Cl)C(=O)N1Cl. The van der Waals surface area contributed by atoms with Gasteiger partial charge in [-0.3, -0.25) is 0 Å². The number of amides is 2. The molecule has 0 aliphatic carbocycles. The minimum atomic E-state index is -0.348. The number of rotatable bonds is 0. The van der Waals surface area contributed by atoms with Crippen molar-refractivity contribution in [3.8, 4) is 0 Å². The number of hydrogen-bond donors (Lipinski definition) is 0. The van der Waals surface area contributed by atoms with Crippen LogP contribution in [0.4, 0.5) is 4.79 Å². The van der Waals surface area contributed by atoms with Crippen LogP contribution in [-0.2, 0) is 0 Å². The normalized spacial score (nSPS) is 26.3. The fraction of sp³-hybridized carbons (Fsp3) is 0.889. The number of nitrogens with zero attached hydrogens (tertiary/aromatic N) is 2. The summed E-state index contributed by atoms with van der Waals surface area (Å²) in [5, 5.41) is 0. The Morgan fingerprint density at radius 1 is 1.00 bits per heavy atom. The maximum Gasteiger partial charge on any atom is 0.350 e. The van der Waals surface area contributed by atoms with Crippen LogP contribution in [0.15, 0.2) is 0 Å². The van der Waals surface area contributed by atoms with E-state index in [2.05, 4.69) is 0 Å². The first-order valence-corrected chi connectivity index (χ1v) is 5.32. The molecule has 0 saturated carbocycles. The fourth-order valence-electron chi connectivity index (χ4n) is 1.40. The summed E-state index contributed by atoms with van der Waals surface area (Å²) >= 11 is 11.9. The van der Waals surface area contributed by atoms with Crippen LogP contribution >= 0.6 is 23.6 Å². The third-order valence-electron chi connectivity index (χ3n) is 2.75. The molecule has 0 radical (unpaired) electrons. The zero-order chi connectivity index (χ0) is 11.1. The van der Waals surface area contributed by atoms with Crippen molar-refractivity contribution in [3.05, 3.63) is 0 Å². The van der Waals surface area contributed by atoms with E-state index in [4.69, 9.17) is 23.6 Å². The highest BCUT2D eigenvalue weighted by molar-refractivity contribution is 6.28. The first-order valence-electron chi connectivity index (χ1n) is 4.64. The van der Waals surface area contributed by atoms with Gasteiger partial charge in [-0.1, -0.05) is 0 Å². The topological polar surface area (TPSA) is 23.6 Å². The maximum absolute atomic E-state index is 11.8. The zero-order valence-electron chi connectivity index (χ0n) is 8.97. The maximum atomic E-state index is 11.8. The second-order valence-corrected chi connectivity index (χ2v) is 5.65. The van der Waals surface area contributed by atoms with Gasteiger partial charge in [0.2, 0.25) is 0 Å². The fourth-order valence-corrected chi connectivity index (χ4v) is 1.76. The molecule has 0 atom stereocenters. The minimum absolute atomic E-state index is 0.346. The van der Waals surface area contributed by atoms with Gasteiger partial charge in [0.15, 0.2) is 0 Å². The number of urea groups is 1. The number of carbonyl (C=O) groups is 1. The summed E-state index contributed by atoms with van der Waals surface area (Å²) in [6, 6.07) is -0.346. The van der Waals surface area contributed by atoms with Gasteiger partial charge in [0.05, 0.1) is 11.1 Å². The molecule has 5 heteroatoms. The van der Waals surface area contributed by atoms with Crippen LogP contribution in [0.25, 0.3) is 0 Å². The minimum Gasteiger partial charge on any atom is -0.246 e. The monoisotopic (exact) mass is 238 g/mol. The molecule has 1 rings (SSSR count). The van der Waals surface area contributed by atoms with Crippen LogP contribution in [0.2, 0.25) is 0 Å². The molecule has 0 bridgehead atoms. The van der Waals surface area contributed by atoms with Gasteiger partial charge in [0.25, 0.3) is 0 Å². The van der Waals surface area contributed by atoms with Gasteiger partial charge in [-0.15, -0.1) is 0 Å². The molecule has 2 amide bonds. The summed E-state index contributed by atoms with van der Waals surface area (Å²) in [6.07, 6.45) is 1.66. The van der Waals surface area contributed by atoms with E-state index >= 15 is 0 Å². The molecule has 82 valence electrons. The van der Waals surface area contributed by atoms with Crippen LogP contribution in [0.5, 0.6) is 0 Å². The van der Waals surface area contributed by atoms with E-state index in [0.29, 0.717) is 0 Å². The van der Waals surface area contributed by atoms with E-state index in [1.54, 1.807) is 0 Å². The lowest BCUT2D eigenvalue weighted by Crippen LogP contribution is -2.46. The number of carbonyl (C=O) groups excluding carboxylic acids is 1. The van der Waals surface area contributed by atoms with Gasteiger partial charge in [-0.05, 0) is 40.5 Å². The highest BCUT2D eigenvalue weighted by Gasteiger charge is 2.43. The highest BCUT2D eigenvalue weighted by atomic mass is 35.5. The lowest BCUT2D eigenvalue weighted by atomic mass is 9.91. The largest absolute Gasteiger partial charge is 0.350 e. The molecule has 1 aliphatic heterocycles. The Labute approximate surface area is 95.2 Å². The summed E-state index contributed by atoms with van der Waals surface area (Å²) in [5.41, 5.74) is -0.695. The first-order chi connectivity index (χ1) is 6.18. The summed E-state index contributed by atoms with van der Waals surface area (Å²) < 4.78 is 2.38. The smallest absolute Gasteiger partial charge is 0.246 e. The molecule has 1 fully saturated rings. The lowest BCUT2D eigenvalue weighted by molar-refractivity contribution is 0.171. The molecular formula is C9H16Cl2N2O. The number of halogens is 2. The van der Waals surface area contributed by atoms with Gasteiger partial charge >= 0.3 is 6.03 Å². The molecule has 0 N–H and O–H groups in total. The molecule has 0 spiro atoms. The Balaban J connectivity index is 3.01. The van der Waals surface area contributed by atoms with Crippen molar-refractivity contribution in [2.45, 2.75) is 51.6 Å². The average Bonchev–Trinajstić information content (AvgIpc) is 2.14. The molecule has 0 aromatic rings. The molecule has 3 nitrogen and oxygen atoms in total. The Hall–Kier alpha value is -0.150. The van der Waals surface area contributed by atoms with Gasteiger partial charge in [-0.2, -0.15) is 0 Å². The van der Waals surface area contributed by atoms with Crippen LogP contribution < -0.4 is 0 Å². The molecule has 1 heterocycles. The predicted octanol–water partition coefficient (Wildman–Crippen LogP) is 3.37. The molecule has 0 aromatic heterocycles. The molecule has 0 aromatic carbocycles. The van der Waals surface area contributed by atoms with Crippen molar-refractivity contribution in [1.29, 1.82) is 0 Å². The van der Waals surface area contributed by atoms with Crippen molar-refractivity contribution in [1.82, 2.24) is 8.84 Å². The van der Waals surface area contributed by atoms with Crippen molar-refractivity contribution >= 4 is 29.6 Å². The van der Waals surface area contributed by atoms with Crippen LogP contribution in [0, 0.1) is 0 Å². The zero-order valence-corrected chi connectivity index (χ0v) is 10.5. The van der Waals surface area contributed by atoms with E-state index < -0.39 is 0 Å². The Kier molecular flexibility index (Phi) is 2.94. The Morgan fingerprint density at radius 2 is 1.29 bits per heavy atom. The quantitative estimate of drug-likeness (QED) is 0.594. The van der Waals surface area contributed by atoms with Crippen molar-refractivity contribution in [2.24, 2.45) is 0 Å². The van der Waals surface area contributed by atoms with E-state index in [-0.39, 0.29) is 17.1 Å². The molecule has 1 saturated heterocycles. The molecule has 14 heavy (non-hydrogen) atoms. The van der Waals surface area contributed by atoms with E-state index in [0.717, 1.165) is 12.8 Å². The summed E-state index contributed by atoms with van der Waals surface area (Å²) in [7, 11) is 0. The van der Waals surface area contributed by atoms with Crippen molar-refractivity contribution in [3.63, 3.8) is 0 Å². The highest BCUT2D eigenvalue weighted by Crippen LogP contribution is 2.36. The van der Waals surface area contributed by atoms with E-state index in [1.807, 2.05) is 27.7 Å². The van der Waals surface area contributed by atoms with Gasteiger partial charge in [0.1, 0.15) is 0 Å². The average molecular weight is 239 g/mol. The van der Waals surface area contributed by atoms with Crippen molar-refractivity contribution < 1.29 is 4.79 Å². The van der Waals surface area contributed by atoms with Crippen molar-refractivity contribution in [2.75, 3.05) is 0 Å². The van der Waals surface area contributed by atoms with Gasteiger partial charge < -0.3 is 0 Å². The molecule has 0 unspecified atom stereocenters. The first kappa shape index (κ1) is 11.9. The van der Waals surface area contributed by atoms with Crippen LogP contribution in [0.3, 0.4) is 0 Å². The number of hydrogen-bond acceptors (Lipinski definition) is 1. The molecular weight excluding hydrogens is 223 g/mol. The third-order valence-corrected chi connectivity index (χ3v) is 3.95. The standard InChI is InChI=1S/C9H16Cl2N2O/c1-8(2)5-6-9(3,4)13(11)7(14)12(8)10/h5-6H2,1-4H3. The van der Waals surface area contributed by atoms with Gasteiger partial charge in [0, 0.05) is 23.6 Å². The summed E-state index contributed by atoms with van der Waals surface area (Å²) in [4.78, 5) is 11.8. The second kappa shape index (κ2) is 3.46. The third kappa shape index (κ3) is 1.94. The van der Waals surface area contributed by atoms with E-state index in [9.17, 15) is 4.79 Å². The van der Waals surface area contributed by atoms with E-state index in [1.165, 1.54) is 8.84 Å². The summed E-state index contributed by atoms with van der Waals surface area (Å²) in [6.45, 7) is 7.74. The Bertz CT molecular complexity index is 229. The summed E-state index contributed by atoms with van der Waals surface area (Å²) in [5.74, 6) is 0. The van der Waals surface area contributed by atoms with Crippen LogP contribution in [-0.4, -0.2) is 25.9 Å².